The number of hydrogen-bond donors (Lipinski definition) is 2. The summed E-state index contributed by atoms with van der Waals surface area (Å²) in [7, 11) is 1.58. The summed E-state index contributed by atoms with van der Waals surface area (Å²) in [5.74, 6) is 1.46. The number of carbonyl (C=O) groups is 2. The molecule has 2 aromatic heterocycles. The number of piperidine rings is 1. The van der Waals surface area contributed by atoms with Crippen LogP contribution in [0.2, 0.25) is 0 Å². The second kappa shape index (κ2) is 9.64. The van der Waals surface area contributed by atoms with Gasteiger partial charge in [-0.3, -0.25) is 4.79 Å². The molecule has 2 fully saturated rings. The molecular formula is C23H28N8O3. The van der Waals surface area contributed by atoms with Crippen LogP contribution < -0.4 is 15.5 Å². The van der Waals surface area contributed by atoms with E-state index < -0.39 is 0 Å². The average molecular weight is 465 g/mol. The second-order valence-electron chi connectivity index (χ2n) is 8.45. The van der Waals surface area contributed by atoms with Crippen LogP contribution in [-0.2, 0) is 9.53 Å². The maximum atomic E-state index is 11.6. The van der Waals surface area contributed by atoms with Crippen molar-refractivity contribution in [3.8, 4) is 11.4 Å². The van der Waals surface area contributed by atoms with Gasteiger partial charge in [0.15, 0.2) is 11.5 Å². The molecule has 34 heavy (non-hydrogen) atoms. The molecule has 2 N–H and O–H groups in total. The van der Waals surface area contributed by atoms with Crippen LogP contribution in [-0.4, -0.2) is 83.5 Å². The van der Waals surface area contributed by atoms with Crippen LogP contribution in [0, 0.1) is 0 Å². The molecule has 2 aliphatic rings. The topological polar surface area (TPSA) is 118 Å². The fraction of sp³-hybridized carbons (Fsp3) is 0.435. The van der Waals surface area contributed by atoms with Crippen molar-refractivity contribution in [2.75, 3.05) is 56.7 Å². The summed E-state index contributed by atoms with van der Waals surface area (Å²) < 4.78 is 7.54. The monoisotopic (exact) mass is 464 g/mol. The standard InChI is InChI=1S/C23H28N8O3/c1-24-23(33)26-17-4-2-16(3-5-17)20-27-21(30-10-12-34-13-11-30)19-14-25-31(22(19)28-20)18-6-8-29(15-32)9-7-18/h2-5,14-15,18H,6-13H2,1H3,(H2,24,26,33). The largest absolute Gasteiger partial charge is 0.378 e. The third kappa shape index (κ3) is 4.38. The van der Waals surface area contributed by atoms with Crippen molar-refractivity contribution in [2.45, 2.75) is 18.9 Å². The van der Waals surface area contributed by atoms with Gasteiger partial charge in [0, 0.05) is 44.5 Å². The van der Waals surface area contributed by atoms with Crippen molar-refractivity contribution in [1.82, 2.24) is 30.0 Å². The first kappa shape index (κ1) is 22.1. The molecule has 178 valence electrons. The van der Waals surface area contributed by atoms with E-state index in [-0.39, 0.29) is 12.1 Å². The lowest BCUT2D eigenvalue weighted by molar-refractivity contribution is -0.119. The summed E-state index contributed by atoms with van der Waals surface area (Å²) in [4.78, 5) is 36.6. The number of urea groups is 1. The van der Waals surface area contributed by atoms with E-state index in [0.29, 0.717) is 37.8 Å². The molecule has 0 saturated carbocycles. The van der Waals surface area contributed by atoms with Gasteiger partial charge in [-0.15, -0.1) is 0 Å². The Bertz CT molecular complexity index is 1160. The number of aromatic nitrogens is 4. The first-order valence-corrected chi connectivity index (χ1v) is 11.5. The van der Waals surface area contributed by atoms with Gasteiger partial charge < -0.3 is 25.2 Å². The Kier molecular flexibility index (Phi) is 6.26. The number of morpholine rings is 1. The second-order valence-corrected chi connectivity index (χ2v) is 8.45. The number of hydrogen-bond acceptors (Lipinski definition) is 7. The minimum atomic E-state index is -0.274. The van der Waals surface area contributed by atoms with Crippen LogP contribution >= 0.6 is 0 Å². The summed E-state index contributed by atoms with van der Waals surface area (Å²) in [5, 5.41) is 10.9. The van der Waals surface area contributed by atoms with Gasteiger partial charge in [0.2, 0.25) is 6.41 Å². The molecule has 11 heteroatoms. The molecule has 0 unspecified atom stereocenters. The van der Waals surface area contributed by atoms with Crippen LogP contribution in [0.1, 0.15) is 18.9 Å². The van der Waals surface area contributed by atoms with Gasteiger partial charge in [-0.05, 0) is 37.1 Å². The van der Waals surface area contributed by atoms with E-state index in [2.05, 4.69) is 15.5 Å². The molecule has 2 saturated heterocycles. The van der Waals surface area contributed by atoms with E-state index >= 15 is 0 Å². The first-order valence-electron chi connectivity index (χ1n) is 11.5. The molecule has 0 aliphatic carbocycles. The summed E-state index contributed by atoms with van der Waals surface area (Å²) in [6, 6.07) is 7.37. The fourth-order valence-corrected chi connectivity index (χ4v) is 4.46. The highest BCUT2D eigenvalue weighted by molar-refractivity contribution is 5.90. The molecule has 1 aromatic carbocycles. The van der Waals surface area contributed by atoms with Crippen LogP contribution in [0.4, 0.5) is 16.3 Å². The number of fused-ring (bicyclic) bond motifs is 1. The SMILES string of the molecule is CNC(=O)Nc1ccc(-c2nc(N3CCOCC3)c3cnn(C4CCN(C=O)CC4)c3n2)cc1. The normalized spacial score (nSPS) is 17.1. The van der Waals surface area contributed by atoms with E-state index in [0.717, 1.165) is 54.8 Å². The van der Waals surface area contributed by atoms with E-state index in [1.807, 2.05) is 35.1 Å². The summed E-state index contributed by atoms with van der Waals surface area (Å²) in [5.41, 5.74) is 2.33. The Labute approximate surface area is 197 Å². The highest BCUT2D eigenvalue weighted by atomic mass is 16.5. The van der Waals surface area contributed by atoms with E-state index in [4.69, 9.17) is 19.8 Å². The first-order chi connectivity index (χ1) is 16.7. The van der Waals surface area contributed by atoms with Gasteiger partial charge in [-0.1, -0.05) is 0 Å². The molecular weight excluding hydrogens is 436 g/mol. The highest BCUT2D eigenvalue weighted by Crippen LogP contribution is 2.32. The lowest BCUT2D eigenvalue weighted by Crippen LogP contribution is -2.37. The maximum absolute atomic E-state index is 11.6. The van der Waals surface area contributed by atoms with Crippen molar-refractivity contribution >= 4 is 35.0 Å². The maximum Gasteiger partial charge on any atom is 0.318 e. The molecule has 0 atom stereocenters. The van der Waals surface area contributed by atoms with Crippen LogP contribution in [0.3, 0.4) is 0 Å². The van der Waals surface area contributed by atoms with Gasteiger partial charge in [-0.25, -0.2) is 19.4 Å². The lowest BCUT2D eigenvalue weighted by atomic mass is 10.1. The van der Waals surface area contributed by atoms with Gasteiger partial charge in [0.25, 0.3) is 0 Å². The van der Waals surface area contributed by atoms with Gasteiger partial charge >= 0.3 is 6.03 Å². The van der Waals surface area contributed by atoms with E-state index in [1.165, 1.54) is 0 Å². The Morgan fingerprint density at radius 3 is 2.50 bits per heavy atom. The van der Waals surface area contributed by atoms with Crippen molar-refractivity contribution in [1.29, 1.82) is 0 Å². The van der Waals surface area contributed by atoms with Crippen LogP contribution in [0.5, 0.6) is 0 Å². The zero-order valence-electron chi connectivity index (χ0n) is 19.1. The number of nitrogens with one attached hydrogen (secondary N) is 2. The summed E-state index contributed by atoms with van der Waals surface area (Å²) in [6.45, 7) is 4.23. The third-order valence-corrected chi connectivity index (χ3v) is 6.37. The summed E-state index contributed by atoms with van der Waals surface area (Å²) >= 11 is 0. The van der Waals surface area contributed by atoms with Crippen LogP contribution in [0.25, 0.3) is 22.4 Å². The molecule has 0 spiro atoms. The number of nitrogens with zero attached hydrogens (tertiary/aromatic N) is 6. The molecule has 0 bridgehead atoms. The zero-order chi connectivity index (χ0) is 23.5. The van der Waals surface area contributed by atoms with E-state index in [9.17, 15) is 9.59 Å². The Morgan fingerprint density at radius 2 is 1.82 bits per heavy atom. The van der Waals surface area contributed by atoms with Crippen LogP contribution in [0.15, 0.2) is 30.5 Å². The Morgan fingerprint density at radius 1 is 1.09 bits per heavy atom. The van der Waals surface area contributed by atoms with Gasteiger partial charge in [0.1, 0.15) is 5.82 Å². The number of carbonyl (C=O) groups excluding carboxylic acids is 2. The van der Waals surface area contributed by atoms with E-state index in [1.54, 1.807) is 11.9 Å². The Hall–Kier alpha value is -3.73. The molecule has 3 aromatic rings. The predicted molar refractivity (Wildman–Crippen MR) is 128 cm³/mol. The quantitative estimate of drug-likeness (QED) is 0.554. The molecule has 4 heterocycles. The summed E-state index contributed by atoms with van der Waals surface area (Å²) in [6.07, 6.45) is 4.44. The Balaban J connectivity index is 1.53. The molecule has 3 amide bonds. The molecule has 2 aliphatic heterocycles. The zero-order valence-corrected chi connectivity index (χ0v) is 19.1. The molecule has 11 nitrogen and oxygen atoms in total. The number of anilines is 2. The number of ether oxygens (including phenoxy) is 1. The minimum absolute atomic E-state index is 0.174. The fourth-order valence-electron chi connectivity index (χ4n) is 4.46. The van der Waals surface area contributed by atoms with Gasteiger partial charge in [0.05, 0.1) is 30.8 Å². The molecule has 5 rings (SSSR count). The number of likely N-dealkylation sites (tertiary alicyclic amines) is 1. The van der Waals surface area contributed by atoms with Crippen molar-refractivity contribution in [2.24, 2.45) is 0 Å². The lowest BCUT2D eigenvalue weighted by Gasteiger charge is -2.30. The smallest absolute Gasteiger partial charge is 0.318 e. The van der Waals surface area contributed by atoms with Crippen molar-refractivity contribution < 1.29 is 14.3 Å². The molecule has 0 radical (unpaired) electrons. The minimum Gasteiger partial charge on any atom is -0.378 e. The number of amides is 3. The number of rotatable bonds is 5. The third-order valence-electron chi connectivity index (χ3n) is 6.37. The van der Waals surface area contributed by atoms with Crippen molar-refractivity contribution in [3.63, 3.8) is 0 Å². The highest BCUT2D eigenvalue weighted by Gasteiger charge is 2.25. The number of benzene rings is 1. The average Bonchev–Trinajstić information content (AvgIpc) is 3.33. The predicted octanol–water partition coefficient (Wildman–Crippen LogP) is 1.87. The van der Waals surface area contributed by atoms with Crippen molar-refractivity contribution in [3.05, 3.63) is 30.5 Å². The van der Waals surface area contributed by atoms with Gasteiger partial charge in [-0.2, -0.15) is 5.10 Å².